The van der Waals surface area contributed by atoms with E-state index < -0.39 is 0 Å². The molecular weight excluding hydrogens is 290 g/mol. The predicted octanol–water partition coefficient (Wildman–Crippen LogP) is 2.78. The quantitative estimate of drug-likeness (QED) is 0.788. The van der Waals surface area contributed by atoms with Crippen LogP contribution in [0.25, 0.3) is 0 Å². The van der Waals surface area contributed by atoms with Crippen LogP contribution in [0.5, 0.6) is 0 Å². The maximum Gasteiger partial charge on any atom is 0.172 e. The third-order valence-electron chi connectivity index (χ3n) is 2.12. The second-order valence-electron chi connectivity index (χ2n) is 3.34. The molecule has 0 amide bonds. The molecule has 0 aliphatic carbocycles. The van der Waals surface area contributed by atoms with Gasteiger partial charge >= 0.3 is 0 Å². The molecule has 0 radical (unpaired) electrons. The summed E-state index contributed by atoms with van der Waals surface area (Å²) in [4.78, 5) is 1.23. The van der Waals surface area contributed by atoms with Gasteiger partial charge in [0.25, 0.3) is 0 Å². The van der Waals surface area contributed by atoms with Crippen molar-refractivity contribution in [2.24, 2.45) is 5.73 Å². The van der Waals surface area contributed by atoms with Crippen molar-refractivity contribution in [3.8, 4) is 0 Å². The van der Waals surface area contributed by atoms with Crippen LogP contribution in [0.1, 0.15) is 18.7 Å². The van der Waals surface area contributed by atoms with E-state index in [4.69, 9.17) is 15.2 Å². The standard InChI is InChI=1S/C11H18BrNO2S/c1-3-14-11(15-4-2)9(13)7-10-8(12)5-6-16-10/h5-6,9,11H,3-4,7,13H2,1-2H3. The number of halogens is 1. The van der Waals surface area contributed by atoms with Crippen LogP contribution in [0, 0.1) is 0 Å². The van der Waals surface area contributed by atoms with Crippen LogP contribution >= 0.6 is 27.3 Å². The van der Waals surface area contributed by atoms with Gasteiger partial charge in [-0.2, -0.15) is 0 Å². The Kier molecular flexibility index (Phi) is 6.53. The second-order valence-corrected chi connectivity index (χ2v) is 5.19. The van der Waals surface area contributed by atoms with Crippen molar-refractivity contribution in [1.82, 2.24) is 0 Å². The van der Waals surface area contributed by atoms with E-state index in [0.29, 0.717) is 13.2 Å². The summed E-state index contributed by atoms with van der Waals surface area (Å²) in [7, 11) is 0. The van der Waals surface area contributed by atoms with Gasteiger partial charge in [0.1, 0.15) is 0 Å². The van der Waals surface area contributed by atoms with Crippen molar-refractivity contribution in [2.75, 3.05) is 13.2 Å². The predicted molar refractivity (Wildman–Crippen MR) is 70.7 cm³/mol. The van der Waals surface area contributed by atoms with E-state index in [1.807, 2.05) is 25.3 Å². The van der Waals surface area contributed by atoms with Crippen molar-refractivity contribution in [3.05, 3.63) is 20.8 Å². The molecule has 1 rings (SSSR count). The molecule has 16 heavy (non-hydrogen) atoms. The fraction of sp³-hybridized carbons (Fsp3) is 0.636. The molecule has 0 spiro atoms. The first kappa shape index (κ1) is 14.1. The molecule has 1 heterocycles. The minimum atomic E-state index is -0.316. The highest BCUT2D eigenvalue weighted by Gasteiger charge is 2.20. The van der Waals surface area contributed by atoms with E-state index in [9.17, 15) is 0 Å². The topological polar surface area (TPSA) is 44.5 Å². The zero-order valence-corrected chi connectivity index (χ0v) is 12.0. The van der Waals surface area contributed by atoms with Gasteiger partial charge in [0.2, 0.25) is 0 Å². The summed E-state index contributed by atoms with van der Waals surface area (Å²) in [5.41, 5.74) is 6.09. The Labute approximate surface area is 109 Å². The van der Waals surface area contributed by atoms with Crippen LogP contribution < -0.4 is 5.73 Å². The molecule has 0 fully saturated rings. The van der Waals surface area contributed by atoms with Gasteiger partial charge in [0, 0.05) is 29.0 Å². The maximum atomic E-state index is 6.09. The lowest BCUT2D eigenvalue weighted by molar-refractivity contribution is -0.147. The Balaban J connectivity index is 2.54. The number of rotatable bonds is 7. The first-order chi connectivity index (χ1) is 7.69. The van der Waals surface area contributed by atoms with Crippen molar-refractivity contribution in [2.45, 2.75) is 32.6 Å². The SMILES string of the molecule is CCOC(OCC)C(N)Cc1sccc1Br. The Morgan fingerprint density at radius 2 is 2.00 bits per heavy atom. The monoisotopic (exact) mass is 307 g/mol. The first-order valence-electron chi connectivity index (χ1n) is 5.39. The Hall–Kier alpha value is 0.0600. The molecule has 0 aliphatic heterocycles. The number of thiophene rings is 1. The highest BCUT2D eigenvalue weighted by Crippen LogP contribution is 2.24. The molecule has 1 unspecified atom stereocenters. The third-order valence-corrected chi connectivity index (χ3v) is 4.07. The summed E-state index contributed by atoms with van der Waals surface area (Å²) in [5, 5.41) is 2.04. The largest absolute Gasteiger partial charge is 0.351 e. The fourth-order valence-corrected chi connectivity index (χ4v) is 2.99. The molecule has 2 N–H and O–H groups in total. The van der Waals surface area contributed by atoms with Crippen LogP contribution in [-0.2, 0) is 15.9 Å². The van der Waals surface area contributed by atoms with E-state index in [2.05, 4.69) is 15.9 Å². The average Bonchev–Trinajstić information content (AvgIpc) is 2.64. The summed E-state index contributed by atoms with van der Waals surface area (Å²) < 4.78 is 12.1. The van der Waals surface area contributed by atoms with Crippen molar-refractivity contribution >= 4 is 27.3 Å². The molecule has 0 saturated heterocycles. The zero-order valence-electron chi connectivity index (χ0n) is 9.61. The van der Waals surface area contributed by atoms with Gasteiger partial charge in [-0.3, -0.25) is 0 Å². The van der Waals surface area contributed by atoms with Gasteiger partial charge in [0.05, 0.1) is 6.04 Å². The molecule has 1 aromatic heterocycles. The fourth-order valence-electron chi connectivity index (χ4n) is 1.40. The lowest BCUT2D eigenvalue weighted by Gasteiger charge is -2.23. The second kappa shape index (κ2) is 7.40. The summed E-state index contributed by atoms with van der Waals surface area (Å²) in [6.07, 6.45) is 0.451. The summed E-state index contributed by atoms with van der Waals surface area (Å²) in [6.45, 7) is 5.12. The average molecular weight is 308 g/mol. The van der Waals surface area contributed by atoms with E-state index in [1.54, 1.807) is 11.3 Å². The van der Waals surface area contributed by atoms with Gasteiger partial charge < -0.3 is 15.2 Å². The van der Waals surface area contributed by atoms with Crippen LogP contribution in [0.3, 0.4) is 0 Å². The van der Waals surface area contributed by atoms with E-state index >= 15 is 0 Å². The van der Waals surface area contributed by atoms with Gasteiger partial charge in [-0.1, -0.05) is 0 Å². The van der Waals surface area contributed by atoms with Gasteiger partial charge in [0.15, 0.2) is 6.29 Å². The minimum Gasteiger partial charge on any atom is -0.351 e. The molecule has 0 saturated carbocycles. The van der Waals surface area contributed by atoms with Crippen LogP contribution in [0.15, 0.2) is 15.9 Å². The Bertz CT molecular complexity index is 300. The highest BCUT2D eigenvalue weighted by molar-refractivity contribution is 9.10. The number of nitrogens with two attached hydrogens (primary N) is 1. The molecule has 5 heteroatoms. The molecule has 3 nitrogen and oxygen atoms in total. The summed E-state index contributed by atoms with van der Waals surface area (Å²) in [5.74, 6) is 0. The summed E-state index contributed by atoms with van der Waals surface area (Å²) in [6, 6.07) is 1.90. The molecular formula is C11H18BrNO2S. The number of hydrogen-bond donors (Lipinski definition) is 1. The Morgan fingerprint density at radius 3 is 2.44 bits per heavy atom. The van der Waals surface area contributed by atoms with Crippen LogP contribution in [0.4, 0.5) is 0 Å². The number of hydrogen-bond acceptors (Lipinski definition) is 4. The van der Waals surface area contributed by atoms with Crippen molar-refractivity contribution < 1.29 is 9.47 Å². The van der Waals surface area contributed by atoms with Gasteiger partial charge in [-0.15, -0.1) is 11.3 Å². The third kappa shape index (κ3) is 4.14. The van der Waals surface area contributed by atoms with Crippen LogP contribution in [-0.4, -0.2) is 25.5 Å². The molecule has 0 aromatic carbocycles. The molecule has 1 atom stereocenters. The smallest absolute Gasteiger partial charge is 0.172 e. The van der Waals surface area contributed by atoms with E-state index in [1.165, 1.54) is 4.88 Å². The molecule has 0 aliphatic rings. The van der Waals surface area contributed by atoms with Crippen LogP contribution in [0.2, 0.25) is 0 Å². The zero-order chi connectivity index (χ0) is 12.0. The Morgan fingerprint density at radius 1 is 1.38 bits per heavy atom. The lowest BCUT2D eigenvalue weighted by atomic mass is 10.2. The first-order valence-corrected chi connectivity index (χ1v) is 7.06. The number of ether oxygens (including phenoxy) is 2. The van der Waals surface area contributed by atoms with E-state index in [0.717, 1.165) is 10.9 Å². The minimum absolute atomic E-state index is 0.130. The summed E-state index contributed by atoms with van der Waals surface area (Å²) >= 11 is 5.19. The van der Waals surface area contributed by atoms with Gasteiger partial charge in [-0.25, -0.2) is 0 Å². The highest BCUT2D eigenvalue weighted by atomic mass is 79.9. The van der Waals surface area contributed by atoms with Crippen molar-refractivity contribution in [3.63, 3.8) is 0 Å². The van der Waals surface area contributed by atoms with Gasteiger partial charge in [-0.05, 0) is 41.2 Å². The molecule has 92 valence electrons. The lowest BCUT2D eigenvalue weighted by Crippen LogP contribution is -2.40. The molecule has 0 bridgehead atoms. The van der Waals surface area contributed by atoms with E-state index in [-0.39, 0.29) is 12.3 Å². The maximum absolute atomic E-state index is 6.09. The van der Waals surface area contributed by atoms with Crippen molar-refractivity contribution in [1.29, 1.82) is 0 Å². The normalized spacial score (nSPS) is 13.3. The molecule has 1 aromatic rings.